The van der Waals surface area contributed by atoms with E-state index in [4.69, 9.17) is 23.2 Å². The zero-order valence-electron chi connectivity index (χ0n) is 8.70. The number of benzene rings is 2. The molecule has 17 heavy (non-hydrogen) atoms. The fourth-order valence-corrected chi connectivity index (χ4v) is 1.99. The third kappa shape index (κ3) is 3.69. The molecule has 1 nitrogen and oxygen atoms in total. The van der Waals surface area contributed by atoms with E-state index in [1.807, 2.05) is 24.3 Å². The molecule has 0 bridgehead atoms. The monoisotopic (exact) mass is 375 g/mol. The molecular formula is C13H8Cl2IN. The third-order valence-electron chi connectivity index (χ3n) is 2.14. The Morgan fingerprint density at radius 1 is 1.00 bits per heavy atom. The molecule has 0 amide bonds. The second-order valence-electron chi connectivity index (χ2n) is 3.40. The zero-order valence-corrected chi connectivity index (χ0v) is 12.4. The first-order valence-electron chi connectivity index (χ1n) is 4.90. The summed E-state index contributed by atoms with van der Waals surface area (Å²) in [5.74, 6) is 0. The van der Waals surface area contributed by atoms with Crippen molar-refractivity contribution in [2.75, 3.05) is 0 Å². The van der Waals surface area contributed by atoms with Gasteiger partial charge in [0.15, 0.2) is 0 Å². The Morgan fingerprint density at radius 3 is 2.41 bits per heavy atom. The molecule has 0 N–H and O–H groups in total. The van der Waals surface area contributed by atoms with Crippen LogP contribution in [0.3, 0.4) is 0 Å². The molecule has 0 spiro atoms. The highest BCUT2D eigenvalue weighted by atomic mass is 127. The second kappa shape index (κ2) is 5.85. The van der Waals surface area contributed by atoms with Crippen LogP contribution < -0.4 is 0 Å². The number of nitrogens with zero attached hydrogens (tertiary/aromatic N) is 1. The van der Waals surface area contributed by atoms with Gasteiger partial charge in [-0.2, -0.15) is 0 Å². The fourth-order valence-electron chi connectivity index (χ4n) is 1.28. The van der Waals surface area contributed by atoms with E-state index in [1.54, 1.807) is 24.4 Å². The van der Waals surface area contributed by atoms with Crippen LogP contribution in [0.2, 0.25) is 10.0 Å². The average molecular weight is 376 g/mol. The molecule has 0 atom stereocenters. The minimum atomic E-state index is 0.642. The molecule has 0 saturated heterocycles. The van der Waals surface area contributed by atoms with Crippen LogP contribution in [-0.2, 0) is 0 Å². The number of hydrogen-bond donors (Lipinski definition) is 0. The highest BCUT2D eigenvalue weighted by molar-refractivity contribution is 14.1. The van der Waals surface area contributed by atoms with E-state index in [0.29, 0.717) is 10.0 Å². The molecule has 0 unspecified atom stereocenters. The highest BCUT2D eigenvalue weighted by Gasteiger charge is 1.98. The quantitative estimate of drug-likeness (QED) is 0.495. The Hall–Kier alpha value is -0.580. The van der Waals surface area contributed by atoms with Crippen molar-refractivity contribution < 1.29 is 0 Å². The molecule has 86 valence electrons. The van der Waals surface area contributed by atoms with Crippen molar-refractivity contribution in [2.24, 2.45) is 4.99 Å². The van der Waals surface area contributed by atoms with Crippen LogP contribution in [0.15, 0.2) is 47.5 Å². The van der Waals surface area contributed by atoms with Crippen molar-refractivity contribution in [1.29, 1.82) is 0 Å². The zero-order chi connectivity index (χ0) is 12.3. The van der Waals surface area contributed by atoms with E-state index in [-0.39, 0.29) is 0 Å². The summed E-state index contributed by atoms with van der Waals surface area (Å²) in [7, 11) is 0. The highest BCUT2D eigenvalue weighted by Crippen LogP contribution is 2.20. The minimum Gasteiger partial charge on any atom is -0.256 e. The molecule has 2 rings (SSSR count). The van der Waals surface area contributed by atoms with Gasteiger partial charge in [0.2, 0.25) is 0 Å². The third-order valence-corrected chi connectivity index (χ3v) is 3.44. The summed E-state index contributed by atoms with van der Waals surface area (Å²) in [4.78, 5) is 4.35. The molecule has 2 aromatic rings. The minimum absolute atomic E-state index is 0.642. The summed E-state index contributed by atoms with van der Waals surface area (Å²) in [6.45, 7) is 0. The van der Waals surface area contributed by atoms with Gasteiger partial charge in [0.1, 0.15) is 0 Å². The van der Waals surface area contributed by atoms with E-state index in [2.05, 4.69) is 27.6 Å². The summed E-state index contributed by atoms with van der Waals surface area (Å²) < 4.78 is 1.18. The van der Waals surface area contributed by atoms with Gasteiger partial charge in [0.25, 0.3) is 0 Å². The maximum absolute atomic E-state index is 6.04. The summed E-state index contributed by atoms with van der Waals surface area (Å²) in [5, 5.41) is 1.29. The Labute approximate surface area is 124 Å². The van der Waals surface area contributed by atoms with E-state index in [9.17, 15) is 0 Å². The van der Waals surface area contributed by atoms with Crippen molar-refractivity contribution >= 4 is 57.7 Å². The Bertz CT molecular complexity index is 550. The van der Waals surface area contributed by atoms with Crippen molar-refractivity contribution in [3.05, 3.63) is 61.6 Å². The number of halogens is 3. The van der Waals surface area contributed by atoms with Gasteiger partial charge < -0.3 is 0 Å². The molecule has 0 fully saturated rings. The van der Waals surface area contributed by atoms with Gasteiger partial charge >= 0.3 is 0 Å². The molecule has 0 heterocycles. The Balaban J connectivity index is 2.25. The lowest BCUT2D eigenvalue weighted by atomic mass is 10.2. The summed E-state index contributed by atoms with van der Waals surface area (Å²) in [6.07, 6.45) is 1.72. The topological polar surface area (TPSA) is 12.4 Å². The Kier molecular flexibility index (Phi) is 4.42. The summed E-state index contributed by atoms with van der Waals surface area (Å²) in [6, 6.07) is 13.2. The average Bonchev–Trinajstić information content (AvgIpc) is 2.32. The molecule has 0 aliphatic carbocycles. The number of rotatable bonds is 2. The van der Waals surface area contributed by atoms with E-state index >= 15 is 0 Å². The molecule has 2 aromatic carbocycles. The van der Waals surface area contributed by atoms with Gasteiger partial charge in [0, 0.05) is 25.4 Å². The van der Waals surface area contributed by atoms with E-state index in [1.165, 1.54) is 3.57 Å². The first-order valence-corrected chi connectivity index (χ1v) is 6.73. The van der Waals surface area contributed by atoms with E-state index < -0.39 is 0 Å². The lowest BCUT2D eigenvalue weighted by Crippen LogP contribution is -1.82. The standard InChI is InChI=1S/C13H8Cl2IN/c14-10-1-6-13(15)9(7-10)8-17-12-4-2-11(16)3-5-12/h1-8H. The largest absolute Gasteiger partial charge is 0.256 e. The predicted molar refractivity (Wildman–Crippen MR) is 82.9 cm³/mol. The first kappa shape index (κ1) is 12.9. The van der Waals surface area contributed by atoms with Crippen LogP contribution in [0.5, 0.6) is 0 Å². The maximum Gasteiger partial charge on any atom is 0.0630 e. The first-order chi connectivity index (χ1) is 8.15. The molecule has 0 aliphatic heterocycles. The van der Waals surface area contributed by atoms with Crippen LogP contribution in [0.25, 0.3) is 0 Å². The molecule has 4 heteroatoms. The van der Waals surface area contributed by atoms with E-state index in [0.717, 1.165) is 11.3 Å². The van der Waals surface area contributed by atoms with Gasteiger partial charge in [0.05, 0.1) is 5.69 Å². The molecule has 0 saturated carbocycles. The smallest absolute Gasteiger partial charge is 0.0630 e. The lowest BCUT2D eigenvalue weighted by molar-refractivity contribution is 1.51. The van der Waals surface area contributed by atoms with Gasteiger partial charge in [-0.15, -0.1) is 0 Å². The lowest BCUT2D eigenvalue weighted by Gasteiger charge is -1.98. The fraction of sp³-hybridized carbons (Fsp3) is 0. The van der Waals surface area contributed by atoms with Crippen molar-refractivity contribution in [2.45, 2.75) is 0 Å². The maximum atomic E-state index is 6.04. The van der Waals surface area contributed by atoms with Gasteiger partial charge in [-0.3, -0.25) is 4.99 Å². The summed E-state index contributed by atoms with van der Waals surface area (Å²) >= 11 is 14.2. The molecular weight excluding hydrogens is 368 g/mol. The van der Waals surface area contributed by atoms with Crippen molar-refractivity contribution in [3.8, 4) is 0 Å². The number of hydrogen-bond acceptors (Lipinski definition) is 1. The van der Waals surface area contributed by atoms with Gasteiger partial charge in [-0.25, -0.2) is 0 Å². The normalized spacial score (nSPS) is 11.0. The molecule has 0 radical (unpaired) electrons. The van der Waals surface area contributed by atoms with Crippen LogP contribution in [0, 0.1) is 3.57 Å². The predicted octanol–water partition coefficient (Wildman–Crippen LogP) is 5.35. The van der Waals surface area contributed by atoms with Crippen LogP contribution in [0.4, 0.5) is 5.69 Å². The molecule has 0 aliphatic rings. The van der Waals surface area contributed by atoms with Crippen LogP contribution in [-0.4, -0.2) is 6.21 Å². The number of aliphatic imine (C=N–C) groups is 1. The Morgan fingerprint density at radius 2 is 1.71 bits per heavy atom. The molecule has 0 aromatic heterocycles. The summed E-state index contributed by atoms with van der Waals surface area (Å²) in [5.41, 5.74) is 1.71. The SMILES string of the molecule is Clc1ccc(Cl)c(C=Nc2ccc(I)cc2)c1. The second-order valence-corrected chi connectivity index (χ2v) is 5.49. The van der Waals surface area contributed by atoms with Gasteiger partial charge in [-0.05, 0) is 65.1 Å². The van der Waals surface area contributed by atoms with Crippen LogP contribution in [0.1, 0.15) is 5.56 Å². The van der Waals surface area contributed by atoms with Crippen LogP contribution >= 0.6 is 45.8 Å². The van der Waals surface area contributed by atoms with Crippen molar-refractivity contribution in [3.63, 3.8) is 0 Å². The van der Waals surface area contributed by atoms with Crippen molar-refractivity contribution in [1.82, 2.24) is 0 Å². The van der Waals surface area contributed by atoms with Gasteiger partial charge in [-0.1, -0.05) is 23.2 Å².